The van der Waals surface area contributed by atoms with Crippen molar-refractivity contribution in [1.29, 1.82) is 0 Å². The van der Waals surface area contributed by atoms with Gasteiger partial charge in [0.2, 0.25) is 5.91 Å². The van der Waals surface area contributed by atoms with Gasteiger partial charge in [-0.15, -0.1) is 12.4 Å². The number of nitrogens with one attached hydrogen (secondary N) is 1. The van der Waals surface area contributed by atoms with Crippen LogP contribution in [0.1, 0.15) is 29.5 Å². The van der Waals surface area contributed by atoms with E-state index < -0.39 is 0 Å². The van der Waals surface area contributed by atoms with Gasteiger partial charge in [-0.05, 0) is 66.4 Å². The molecule has 1 N–H and O–H groups in total. The predicted molar refractivity (Wildman–Crippen MR) is 125 cm³/mol. The normalized spacial score (nSPS) is 16.6. The summed E-state index contributed by atoms with van der Waals surface area (Å²) in [6.07, 6.45) is 3.55. The molecule has 31 heavy (non-hydrogen) atoms. The zero-order valence-corrected chi connectivity index (χ0v) is 18.7. The largest absolute Gasteiger partial charge is 0.497 e. The van der Waals surface area contributed by atoms with E-state index in [1.54, 1.807) is 12.0 Å². The van der Waals surface area contributed by atoms with Gasteiger partial charge in [0.1, 0.15) is 5.75 Å². The minimum atomic E-state index is -0.265. The van der Waals surface area contributed by atoms with Crippen molar-refractivity contribution in [2.24, 2.45) is 0 Å². The van der Waals surface area contributed by atoms with Crippen LogP contribution >= 0.6 is 12.4 Å². The number of benzene rings is 2. The summed E-state index contributed by atoms with van der Waals surface area (Å²) in [6.45, 7) is 4.57. The second kappa shape index (κ2) is 9.98. The van der Waals surface area contributed by atoms with Gasteiger partial charge in [0.15, 0.2) is 0 Å². The quantitative estimate of drug-likeness (QED) is 0.756. The molecule has 164 valence electrons. The van der Waals surface area contributed by atoms with Crippen LogP contribution in [0, 0.1) is 6.92 Å². The van der Waals surface area contributed by atoms with E-state index in [0.29, 0.717) is 13.0 Å². The molecule has 2 aliphatic heterocycles. The first kappa shape index (κ1) is 22.8. The molecule has 2 aliphatic rings. The number of rotatable bonds is 5. The molecular weight excluding hydrogens is 414 g/mol. The number of anilines is 1. The van der Waals surface area contributed by atoms with Crippen LogP contribution in [0.25, 0.3) is 5.57 Å². The summed E-state index contributed by atoms with van der Waals surface area (Å²) in [7, 11) is 1.61. The Morgan fingerprint density at radius 2 is 1.84 bits per heavy atom. The summed E-state index contributed by atoms with van der Waals surface area (Å²) in [5.41, 5.74) is 5.34. The number of hydrogen-bond acceptors (Lipinski definition) is 4. The van der Waals surface area contributed by atoms with E-state index >= 15 is 0 Å². The molecule has 0 bridgehead atoms. The number of carbonyl (C=O) groups is 2. The summed E-state index contributed by atoms with van der Waals surface area (Å²) in [5, 5.41) is 3.33. The Balaban J connectivity index is 0.00000272. The highest BCUT2D eigenvalue weighted by Crippen LogP contribution is 2.29. The van der Waals surface area contributed by atoms with E-state index in [4.69, 9.17) is 4.74 Å². The van der Waals surface area contributed by atoms with Gasteiger partial charge in [0, 0.05) is 25.2 Å². The van der Waals surface area contributed by atoms with E-state index in [9.17, 15) is 9.59 Å². The maximum atomic E-state index is 13.2. The maximum Gasteiger partial charge on any atom is 0.331 e. The molecule has 0 aromatic heterocycles. The zero-order chi connectivity index (χ0) is 21.1. The molecule has 0 atom stereocenters. The highest BCUT2D eigenvalue weighted by Gasteiger charge is 2.33. The van der Waals surface area contributed by atoms with Gasteiger partial charge in [-0.1, -0.05) is 24.3 Å². The van der Waals surface area contributed by atoms with E-state index in [1.807, 2.05) is 37.3 Å². The van der Waals surface area contributed by atoms with Crippen LogP contribution < -0.4 is 15.0 Å². The van der Waals surface area contributed by atoms with Crippen molar-refractivity contribution in [3.63, 3.8) is 0 Å². The third-order valence-corrected chi connectivity index (χ3v) is 5.73. The molecule has 6 nitrogen and oxygen atoms in total. The van der Waals surface area contributed by atoms with Crippen molar-refractivity contribution in [3.05, 3.63) is 65.2 Å². The third kappa shape index (κ3) is 4.92. The lowest BCUT2D eigenvalue weighted by Crippen LogP contribution is -2.52. The number of ether oxygens (including phenoxy) is 1. The topological polar surface area (TPSA) is 61.9 Å². The van der Waals surface area contributed by atoms with E-state index in [-0.39, 0.29) is 30.9 Å². The monoisotopic (exact) mass is 441 g/mol. The first-order chi connectivity index (χ1) is 14.6. The number of aryl methyl sites for hydroxylation is 1. The molecule has 0 radical (unpaired) electrons. The fourth-order valence-corrected chi connectivity index (χ4v) is 4.03. The Morgan fingerprint density at radius 1 is 1.06 bits per heavy atom. The lowest BCUT2D eigenvalue weighted by molar-refractivity contribution is -0.129. The number of imide groups is 1. The van der Waals surface area contributed by atoms with Crippen molar-refractivity contribution in [2.75, 3.05) is 31.6 Å². The molecule has 0 aliphatic carbocycles. The first-order valence-corrected chi connectivity index (χ1v) is 10.3. The molecule has 3 amide bonds. The van der Waals surface area contributed by atoms with Crippen molar-refractivity contribution >= 4 is 35.6 Å². The average molecular weight is 442 g/mol. The first-order valence-electron chi connectivity index (χ1n) is 10.3. The Morgan fingerprint density at radius 3 is 2.48 bits per heavy atom. The van der Waals surface area contributed by atoms with E-state index in [0.717, 1.165) is 42.1 Å². The Kier molecular flexibility index (Phi) is 7.36. The molecule has 4 rings (SSSR count). The summed E-state index contributed by atoms with van der Waals surface area (Å²) in [5.74, 6) is 0.609. The predicted octanol–water partition coefficient (Wildman–Crippen LogP) is 4.16. The van der Waals surface area contributed by atoms with Gasteiger partial charge in [0.05, 0.1) is 13.7 Å². The number of hydrogen-bond donors (Lipinski definition) is 1. The number of methoxy groups -OCH3 is 1. The number of nitrogens with zero attached hydrogens (tertiary/aromatic N) is 2. The molecule has 0 spiro atoms. The van der Waals surface area contributed by atoms with Crippen LogP contribution in [0.3, 0.4) is 0 Å². The fraction of sp³-hybridized carbons (Fsp3) is 0.333. The Bertz CT molecular complexity index is 988. The van der Waals surface area contributed by atoms with Crippen molar-refractivity contribution < 1.29 is 14.3 Å². The standard InChI is InChI=1S/C24H27N3O3.ClH/c1-17-15-20(19-9-12-25-13-10-19)5-8-22(17)26-14-11-23(28)27(24(26)29)16-18-3-6-21(30-2)7-4-18;/h3-9,15,25H,10-14,16H2,1-2H3;1H. The Labute approximate surface area is 189 Å². The van der Waals surface area contributed by atoms with Gasteiger partial charge < -0.3 is 10.1 Å². The summed E-state index contributed by atoms with van der Waals surface area (Å²) in [4.78, 5) is 28.7. The van der Waals surface area contributed by atoms with Crippen LogP contribution in [0.2, 0.25) is 0 Å². The van der Waals surface area contributed by atoms with Gasteiger partial charge in [-0.3, -0.25) is 14.6 Å². The van der Waals surface area contributed by atoms with Gasteiger partial charge in [-0.25, -0.2) is 4.79 Å². The SMILES string of the molecule is COc1ccc(CN2C(=O)CCN(c3ccc(C4=CCNCC4)cc3C)C2=O)cc1.Cl. The molecule has 2 heterocycles. The average Bonchev–Trinajstić information content (AvgIpc) is 2.78. The zero-order valence-electron chi connectivity index (χ0n) is 17.9. The van der Waals surface area contributed by atoms with Gasteiger partial charge in [-0.2, -0.15) is 0 Å². The van der Waals surface area contributed by atoms with Gasteiger partial charge in [0.25, 0.3) is 0 Å². The molecule has 0 saturated carbocycles. The molecule has 2 aromatic carbocycles. The minimum absolute atomic E-state index is 0. The van der Waals surface area contributed by atoms with Crippen molar-refractivity contribution in [2.45, 2.75) is 26.3 Å². The number of urea groups is 1. The number of amides is 3. The minimum Gasteiger partial charge on any atom is -0.497 e. The Hall–Kier alpha value is -2.83. The van der Waals surface area contributed by atoms with Crippen LogP contribution in [0.4, 0.5) is 10.5 Å². The third-order valence-electron chi connectivity index (χ3n) is 5.73. The smallest absolute Gasteiger partial charge is 0.331 e. The highest BCUT2D eigenvalue weighted by atomic mass is 35.5. The second-order valence-corrected chi connectivity index (χ2v) is 7.70. The molecular formula is C24H28ClN3O3. The summed E-state index contributed by atoms with van der Waals surface area (Å²) < 4.78 is 5.18. The lowest BCUT2D eigenvalue weighted by atomic mass is 9.97. The van der Waals surface area contributed by atoms with E-state index in [1.165, 1.54) is 16.0 Å². The molecule has 7 heteroatoms. The van der Waals surface area contributed by atoms with Crippen LogP contribution in [0.5, 0.6) is 5.75 Å². The van der Waals surface area contributed by atoms with Crippen molar-refractivity contribution in [1.82, 2.24) is 10.2 Å². The summed E-state index contributed by atoms with van der Waals surface area (Å²) in [6, 6.07) is 13.4. The van der Waals surface area contributed by atoms with Crippen LogP contribution in [0.15, 0.2) is 48.5 Å². The summed E-state index contributed by atoms with van der Waals surface area (Å²) >= 11 is 0. The van der Waals surface area contributed by atoms with Crippen molar-refractivity contribution in [3.8, 4) is 5.75 Å². The number of carbonyl (C=O) groups excluding carboxylic acids is 2. The van der Waals surface area contributed by atoms with E-state index in [2.05, 4.69) is 23.5 Å². The van der Waals surface area contributed by atoms with Crippen LogP contribution in [-0.2, 0) is 11.3 Å². The molecule has 1 saturated heterocycles. The molecule has 0 unspecified atom stereocenters. The van der Waals surface area contributed by atoms with Crippen LogP contribution in [-0.4, -0.2) is 43.6 Å². The molecule has 1 fully saturated rings. The fourth-order valence-electron chi connectivity index (χ4n) is 4.03. The highest BCUT2D eigenvalue weighted by molar-refractivity contribution is 6.06. The number of halogens is 1. The lowest BCUT2D eigenvalue weighted by Gasteiger charge is -2.35. The maximum absolute atomic E-state index is 13.2. The van der Waals surface area contributed by atoms with Gasteiger partial charge >= 0.3 is 6.03 Å². The second-order valence-electron chi connectivity index (χ2n) is 7.70. The molecule has 2 aromatic rings.